The minimum atomic E-state index is -0.177. The first-order valence-electron chi connectivity index (χ1n) is 9.27. The highest BCUT2D eigenvalue weighted by Crippen LogP contribution is 2.28. The molecule has 1 aliphatic heterocycles. The van der Waals surface area contributed by atoms with Crippen molar-refractivity contribution < 1.29 is 29.3 Å². The van der Waals surface area contributed by atoms with E-state index in [-0.39, 0.29) is 34.8 Å². The van der Waals surface area contributed by atoms with Crippen molar-refractivity contribution in [3.63, 3.8) is 0 Å². The third-order valence-electron chi connectivity index (χ3n) is 4.92. The first-order valence-corrected chi connectivity index (χ1v) is 9.27. The van der Waals surface area contributed by atoms with Crippen LogP contribution in [0.3, 0.4) is 0 Å². The Hall–Kier alpha value is -3.42. The number of rotatable bonds is 4. The van der Waals surface area contributed by atoms with Gasteiger partial charge in [-0.1, -0.05) is 0 Å². The fourth-order valence-electron chi connectivity index (χ4n) is 3.31. The van der Waals surface area contributed by atoms with Gasteiger partial charge in [-0.15, -0.1) is 0 Å². The number of nitrogens with zero attached hydrogens (tertiary/aromatic N) is 2. The van der Waals surface area contributed by atoms with E-state index in [9.17, 15) is 19.8 Å². The molecule has 2 N–H and O–H groups in total. The van der Waals surface area contributed by atoms with Crippen molar-refractivity contribution in [2.75, 3.05) is 40.4 Å². The number of aromatic hydroxyl groups is 2. The normalized spacial score (nSPS) is 14.3. The molecule has 0 spiro atoms. The Bertz CT molecular complexity index is 841. The second-order valence-corrected chi connectivity index (χ2v) is 6.71. The Morgan fingerprint density at radius 1 is 0.759 bits per heavy atom. The standard InChI is InChI=1S/C21H24N2O6/c1-28-18-12-14(4-6-16(18)24)20(26)22-8-3-9-23(11-10-22)21(27)15-5-7-17(25)19(13-15)29-2/h4-7,12-13,24-25H,3,8-11H2,1-2H3. The number of phenolic OH excluding ortho intramolecular Hbond substituents is 2. The summed E-state index contributed by atoms with van der Waals surface area (Å²) < 4.78 is 10.1. The van der Waals surface area contributed by atoms with Crippen LogP contribution in [0.2, 0.25) is 0 Å². The van der Waals surface area contributed by atoms with Gasteiger partial charge in [-0.2, -0.15) is 0 Å². The van der Waals surface area contributed by atoms with Crippen LogP contribution in [0.15, 0.2) is 36.4 Å². The summed E-state index contributed by atoms with van der Waals surface area (Å²) in [5, 5.41) is 19.4. The van der Waals surface area contributed by atoms with E-state index >= 15 is 0 Å². The Morgan fingerprint density at radius 3 is 1.55 bits per heavy atom. The molecule has 1 fully saturated rings. The van der Waals surface area contributed by atoms with Gasteiger partial charge in [0, 0.05) is 37.3 Å². The van der Waals surface area contributed by atoms with Gasteiger partial charge >= 0.3 is 0 Å². The van der Waals surface area contributed by atoms with Crippen LogP contribution in [-0.2, 0) is 0 Å². The number of hydrogen-bond acceptors (Lipinski definition) is 6. The molecule has 0 atom stereocenters. The lowest BCUT2D eigenvalue weighted by molar-refractivity contribution is 0.0718. The van der Waals surface area contributed by atoms with Crippen LogP contribution >= 0.6 is 0 Å². The minimum absolute atomic E-state index is 0.0268. The zero-order valence-corrected chi connectivity index (χ0v) is 16.4. The summed E-state index contributed by atoms with van der Waals surface area (Å²) in [4.78, 5) is 29.1. The highest BCUT2D eigenvalue weighted by molar-refractivity contribution is 5.96. The average molecular weight is 400 g/mol. The number of hydrogen-bond donors (Lipinski definition) is 2. The predicted molar refractivity (Wildman–Crippen MR) is 106 cm³/mol. The molecule has 0 aromatic heterocycles. The lowest BCUT2D eigenvalue weighted by Crippen LogP contribution is -2.37. The molecule has 0 bridgehead atoms. The average Bonchev–Trinajstić information content (AvgIpc) is 2.99. The van der Waals surface area contributed by atoms with Gasteiger partial charge in [-0.25, -0.2) is 0 Å². The number of benzene rings is 2. The van der Waals surface area contributed by atoms with Gasteiger partial charge in [0.15, 0.2) is 23.0 Å². The number of amides is 2. The van der Waals surface area contributed by atoms with E-state index in [0.29, 0.717) is 43.7 Å². The van der Waals surface area contributed by atoms with Gasteiger partial charge < -0.3 is 29.5 Å². The summed E-state index contributed by atoms with van der Waals surface area (Å²) in [7, 11) is 2.86. The molecule has 2 amide bonds. The number of ether oxygens (including phenoxy) is 2. The predicted octanol–water partition coefficient (Wildman–Crippen LogP) is 2.10. The van der Waals surface area contributed by atoms with Gasteiger partial charge in [0.05, 0.1) is 14.2 Å². The van der Waals surface area contributed by atoms with E-state index in [0.717, 1.165) is 0 Å². The maximum atomic E-state index is 12.8. The van der Waals surface area contributed by atoms with E-state index in [2.05, 4.69) is 0 Å². The molecular weight excluding hydrogens is 376 g/mol. The topological polar surface area (TPSA) is 99.5 Å². The van der Waals surface area contributed by atoms with Crippen LogP contribution < -0.4 is 9.47 Å². The molecule has 0 aliphatic carbocycles. The number of phenols is 2. The Kier molecular flexibility index (Phi) is 6.11. The molecule has 0 unspecified atom stereocenters. The Labute approximate surface area is 168 Å². The second kappa shape index (κ2) is 8.72. The summed E-state index contributed by atoms with van der Waals surface area (Å²) in [6, 6.07) is 8.98. The van der Waals surface area contributed by atoms with Gasteiger partial charge in [-0.05, 0) is 42.8 Å². The zero-order chi connectivity index (χ0) is 21.0. The van der Waals surface area contributed by atoms with Gasteiger partial charge in [-0.3, -0.25) is 9.59 Å². The van der Waals surface area contributed by atoms with E-state index < -0.39 is 0 Å². The quantitative estimate of drug-likeness (QED) is 0.816. The number of methoxy groups -OCH3 is 2. The van der Waals surface area contributed by atoms with E-state index in [1.54, 1.807) is 21.9 Å². The molecule has 8 nitrogen and oxygen atoms in total. The van der Waals surface area contributed by atoms with Crippen molar-refractivity contribution in [2.45, 2.75) is 6.42 Å². The van der Waals surface area contributed by atoms with E-state index in [4.69, 9.17) is 9.47 Å². The van der Waals surface area contributed by atoms with Crippen molar-refractivity contribution in [1.29, 1.82) is 0 Å². The molecule has 154 valence electrons. The monoisotopic (exact) mass is 400 g/mol. The highest BCUT2D eigenvalue weighted by Gasteiger charge is 2.24. The summed E-state index contributed by atoms with van der Waals surface area (Å²) >= 11 is 0. The van der Waals surface area contributed by atoms with Crippen molar-refractivity contribution >= 4 is 11.8 Å². The molecule has 0 saturated carbocycles. The maximum absolute atomic E-state index is 12.8. The molecule has 1 aliphatic rings. The van der Waals surface area contributed by atoms with Crippen LogP contribution in [-0.4, -0.2) is 72.2 Å². The molecule has 0 radical (unpaired) electrons. The maximum Gasteiger partial charge on any atom is 0.254 e. The molecule has 8 heteroatoms. The lowest BCUT2D eigenvalue weighted by atomic mass is 10.1. The van der Waals surface area contributed by atoms with Crippen molar-refractivity contribution in [3.8, 4) is 23.0 Å². The van der Waals surface area contributed by atoms with Gasteiger partial charge in [0.25, 0.3) is 11.8 Å². The van der Waals surface area contributed by atoms with Crippen LogP contribution in [0.1, 0.15) is 27.1 Å². The molecule has 1 saturated heterocycles. The van der Waals surface area contributed by atoms with Crippen LogP contribution in [0, 0.1) is 0 Å². The fraction of sp³-hybridized carbons (Fsp3) is 0.333. The molecule has 2 aromatic carbocycles. The second-order valence-electron chi connectivity index (χ2n) is 6.71. The smallest absolute Gasteiger partial charge is 0.254 e. The van der Waals surface area contributed by atoms with Crippen molar-refractivity contribution in [1.82, 2.24) is 9.80 Å². The third-order valence-corrected chi connectivity index (χ3v) is 4.92. The zero-order valence-electron chi connectivity index (χ0n) is 16.4. The Morgan fingerprint density at radius 2 is 1.17 bits per heavy atom. The molecule has 29 heavy (non-hydrogen) atoms. The summed E-state index contributed by atoms with van der Waals surface area (Å²) in [6.45, 7) is 1.82. The largest absolute Gasteiger partial charge is 0.504 e. The van der Waals surface area contributed by atoms with Gasteiger partial charge in [0.2, 0.25) is 0 Å². The SMILES string of the molecule is COc1cc(C(=O)N2CCCN(C(=O)c3ccc(O)c(OC)c3)CC2)ccc1O. The van der Waals surface area contributed by atoms with E-state index in [1.807, 2.05) is 0 Å². The van der Waals surface area contributed by atoms with Crippen molar-refractivity contribution in [3.05, 3.63) is 47.5 Å². The Balaban J connectivity index is 1.70. The lowest BCUT2D eigenvalue weighted by Gasteiger charge is -2.22. The number of carbonyl (C=O) groups excluding carboxylic acids is 2. The summed E-state index contributed by atoms with van der Waals surface area (Å²) in [5.74, 6) is 0.0716. The highest BCUT2D eigenvalue weighted by atomic mass is 16.5. The van der Waals surface area contributed by atoms with Crippen LogP contribution in [0.5, 0.6) is 23.0 Å². The van der Waals surface area contributed by atoms with Crippen LogP contribution in [0.25, 0.3) is 0 Å². The minimum Gasteiger partial charge on any atom is -0.504 e. The molecule has 2 aromatic rings. The number of carbonyl (C=O) groups is 2. The molecule has 1 heterocycles. The van der Waals surface area contributed by atoms with Crippen LogP contribution in [0.4, 0.5) is 0 Å². The third kappa shape index (κ3) is 4.37. The molecule has 3 rings (SSSR count). The summed E-state index contributed by atoms with van der Waals surface area (Å²) in [5.41, 5.74) is 0.838. The van der Waals surface area contributed by atoms with Crippen molar-refractivity contribution in [2.24, 2.45) is 0 Å². The van der Waals surface area contributed by atoms with Gasteiger partial charge in [0.1, 0.15) is 0 Å². The van der Waals surface area contributed by atoms with E-state index in [1.165, 1.54) is 38.5 Å². The summed E-state index contributed by atoms with van der Waals surface area (Å²) in [6.07, 6.45) is 0.641. The first kappa shape index (κ1) is 20.3. The first-order chi connectivity index (χ1) is 13.9. The fourth-order valence-corrected chi connectivity index (χ4v) is 3.31. The molecular formula is C21H24N2O6.